The molecular weight excluding hydrogens is 336 g/mol. The van der Waals surface area contributed by atoms with Gasteiger partial charge in [-0.25, -0.2) is 0 Å². The molecule has 2 N–H and O–H groups in total. The molecule has 3 nitrogen and oxygen atoms in total. The van der Waals surface area contributed by atoms with Crippen molar-refractivity contribution in [2.45, 2.75) is 110 Å². The molecule has 4 aliphatic carbocycles. The van der Waals surface area contributed by atoms with Crippen LogP contribution in [-0.2, 0) is 4.74 Å². The maximum Gasteiger partial charge on any atom is 0.0824 e. The molecule has 4 fully saturated rings. The van der Waals surface area contributed by atoms with Crippen molar-refractivity contribution in [1.29, 1.82) is 0 Å². The van der Waals surface area contributed by atoms with Crippen LogP contribution in [0.5, 0.6) is 0 Å². The molecule has 156 valence electrons. The summed E-state index contributed by atoms with van der Waals surface area (Å²) in [5.41, 5.74) is -0.464. The van der Waals surface area contributed by atoms with Crippen molar-refractivity contribution in [3.05, 3.63) is 0 Å². The molecule has 0 heterocycles. The molecule has 0 radical (unpaired) electrons. The number of ether oxygens (including phenoxy) is 1. The smallest absolute Gasteiger partial charge is 0.0824 e. The van der Waals surface area contributed by atoms with E-state index >= 15 is 0 Å². The molecule has 0 aromatic heterocycles. The number of rotatable bonds is 3. The monoisotopic (exact) mass is 378 g/mol. The summed E-state index contributed by atoms with van der Waals surface area (Å²) in [4.78, 5) is 0. The number of aliphatic hydroxyl groups is 2. The van der Waals surface area contributed by atoms with E-state index in [0.29, 0.717) is 24.0 Å². The lowest BCUT2D eigenvalue weighted by Gasteiger charge is -2.61. The second-order valence-electron chi connectivity index (χ2n) is 12.1. The van der Waals surface area contributed by atoms with Crippen LogP contribution in [0.3, 0.4) is 0 Å². The molecule has 0 bridgehead atoms. The number of hydrogen-bond acceptors (Lipinski definition) is 3. The van der Waals surface area contributed by atoms with Crippen molar-refractivity contribution < 1.29 is 14.9 Å². The summed E-state index contributed by atoms with van der Waals surface area (Å²) in [6, 6.07) is 0. The van der Waals surface area contributed by atoms with E-state index in [-0.39, 0.29) is 5.41 Å². The van der Waals surface area contributed by atoms with Crippen LogP contribution < -0.4 is 0 Å². The fraction of sp³-hybridized carbons (Fsp3) is 1.00. The van der Waals surface area contributed by atoms with Crippen LogP contribution in [0.1, 0.15) is 92.4 Å². The molecule has 8 atom stereocenters. The van der Waals surface area contributed by atoms with Crippen LogP contribution in [0, 0.1) is 34.5 Å². The maximum absolute atomic E-state index is 10.6. The summed E-state index contributed by atoms with van der Waals surface area (Å²) in [7, 11) is 0. The summed E-state index contributed by atoms with van der Waals surface area (Å²) >= 11 is 0. The molecule has 0 spiro atoms. The van der Waals surface area contributed by atoms with Crippen LogP contribution in [0.4, 0.5) is 0 Å². The molecule has 0 aliphatic heterocycles. The van der Waals surface area contributed by atoms with E-state index in [2.05, 4.69) is 20.8 Å². The minimum Gasteiger partial charge on any atom is -0.390 e. The standard InChI is InChI=1S/C24H42O3/c1-21(2,25)15-27-20-9-8-18-17-7-6-16-14-22(3,26)12-13-23(16,4)19(17)10-11-24(18,20)5/h16-20,25-26H,6-15H2,1-5H3/t16-,17-,18-,19-,20-,22-,23-,24-/m0/s1. The summed E-state index contributed by atoms with van der Waals surface area (Å²) in [6.45, 7) is 11.2. The average Bonchev–Trinajstić information content (AvgIpc) is 2.89. The Bertz CT molecular complexity index is 564. The van der Waals surface area contributed by atoms with Crippen LogP contribution in [0.15, 0.2) is 0 Å². The minimum atomic E-state index is -0.740. The second kappa shape index (κ2) is 6.44. The molecular formula is C24H42O3. The highest BCUT2D eigenvalue weighted by Gasteiger charge is 2.61. The van der Waals surface area contributed by atoms with Crippen LogP contribution in [0.25, 0.3) is 0 Å². The van der Waals surface area contributed by atoms with Gasteiger partial charge in [-0.3, -0.25) is 0 Å². The van der Waals surface area contributed by atoms with Crippen LogP contribution >= 0.6 is 0 Å². The Morgan fingerprint density at radius 2 is 1.59 bits per heavy atom. The van der Waals surface area contributed by atoms with Crippen molar-refractivity contribution in [3.63, 3.8) is 0 Å². The third-order valence-electron chi connectivity index (χ3n) is 9.50. The van der Waals surface area contributed by atoms with Gasteiger partial charge >= 0.3 is 0 Å². The lowest BCUT2D eigenvalue weighted by atomic mass is 9.44. The quantitative estimate of drug-likeness (QED) is 0.731. The van der Waals surface area contributed by atoms with Gasteiger partial charge in [0.2, 0.25) is 0 Å². The highest BCUT2D eigenvalue weighted by molar-refractivity contribution is 5.10. The maximum atomic E-state index is 10.6. The van der Waals surface area contributed by atoms with Gasteiger partial charge in [0.15, 0.2) is 0 Å². The fourth-order valence-electron chi connectivity index (χ4n) is 7.96. The summed E-state index contributed by atoms with van der Waals surface area (Å²) in [5.74, 6) is 3.15. The SMILES string of the molecule is CC(C)(O)CO[C@H]1CC[C@H]2[C@@H]3CC[C@H]4C[C@@](C)(O)CC[C@]4(C)[C@H]3CC[C@]12C. The van der Waals surface area contributed by atoms with Gasteiger partial charge in [-0.05, 0) is 113 Å². The van der Waals surface area contributed by atoms with E-state index in [4.69, 9.17) is 4.74 Å². The third kappa shape index (κ3) is 3.40. The van der Waals surface area contributed by atoms with E-state index in [9.17, 15) is 10.2 Å². The Kier molecular flexibility index (Phi) is 4.81. The van der Waals surface area contributed by atoms with Crippen LogP contribution in [0.2, 0.25) is 0 Å². The first-order valence-corrected chi connectivity index (χ1v) is 11.5. The second-order valence-corrected chi connectivity index (χ2v) is 12.1. The molecule has 0 aromatic carbocycles. The first kappa shape index (κ1) is 20.2. The average molecular weight is 379 g/mol. The van der Waals surface area contributed by atoms with Crippen LogP contribution in [-0.4, -0.2) is 34.1 Å². The first-order valence-electron chi connectivity index (χ1n) is 11.5. The molecule has 0 saturated heterocycles. The predicted molar refractivity (Wildman–Crippen MR) is 108 cm³/mol. The number of fused-ring (bicyclic) bond motifs is 5. The zero-order valence-electron chi connectivity index (χ0n) is 18.3. The van der Waals surface area contributed by atoms with Crippen molar-refractivity contribution in [2.75, 3.05) is 6.61 Å². The van der Waals surface area contributed by atoms with Gasteiger partial charge in [0.1, 0.15) is 0 Å². The Hall–Kier alpha value is -0.120. The Morgan fingerprint density at radius 3 is 2.30 bits per heavy atom. The molecule has 0 amide bonds. The van der Waals surface area contributed by atoms with E-state index in [0.717, 1.165) is 37.0 Å². The zero-order valence-corrected chi connectivity index (χ0v) is 18.3. The molecule has 4 aliphatic rings. The van der Waals surface area contributed by atoms with Gasteiger partial charge < -0.3 is 14.9 Å². The van der Waals surface area contributed by atoms with Crippen molar-refractivity contribution in [1.82, 2.24) is 0 Å². The lowest BCUT2D eigenvalue weighted by molar-refractivity contribution is -0.161. The molecule has 0 unspecified atom stereocenters. The molecule has 0 aromatic rings. The van der Waals surface area contributed by atoms with E-state index in [1.54, 1.807) is 0 Å². The summed E-state index contributed by atoms with van der Waals surface area (Å²) < 4.78 is 6.30. The van der Waals surface area contributed by atoms with E-state index in [1.807, 2.05) is 13.8 Å². The molecule has 4 rings (SSSR count). The fourth-order valence-corrected chi connectivity index (χ4v) is 7.96. The van der Waals surface area contributed by atoms with Gasteiger partial charge in [0.05, 0.1) is 23.9 Å². The topological polar surface area (TPSA) is 49.7 Å². The Balaban J connectivity index is 1.51. The summed E-state index contributed by atoms with van der Waals surface area (Å²) in [5, 5.41) is 20.7. The normalized spacial score (nSPS) is 52.8. The van der Waals surface area contributed by atoms with Gasteiger partial charge in [-0.2, -0.15) is 0 Å². The first-order chi connectivity index (χ1) is 12.4. The highest BCUT2D eigenvalue weighted by atomic mass is 16.5. The molecule has 27 heavy (non-hydrogen) atoms. The van der Waals surface area contributed by atoms with E-state index in [1.165, 1.54) is 38.5 Å². The van der Waals surface area contributed by atoms with Crippen molar-refractivity contribution in [3.8, 4) is 0 Å². The summed E-state index contributed by atoms with van der Waals surface area (Å²) in [6.07, 6.45) is 11.2. The van der Waals surface area contributed by atoms with E-state index < -0.39 is 11.2 Å². The zero-order chi connectivity index (χ0) is 19.7. The Morgan fingerprint density at radius 1 is 0.889 bits per heavy atom. The Labute approximate surface area is 166 Å². The van der Waals surface area contributed by atoms with Crippen molar-refractivity contribution >= 4 is 0 Å². The molecule has 4 saturated carbocycles. The third-order valence-corrected chi connectivity index (χ3v) is 9.50. The molecule has 3 heteroatoms. The van der Waals surface area contributed by atoms with Gasteiger partial charge in [-0.1, -0.05) is 13.8 Å². The van der Waals surface area contributed by atoms with Gasteiger partial charge in [0.25, 0.3) is 0 Å². The van der Waals surface area contributed by atoms with Gasteiger partial charge in [0, 0.05) is 0 Å². The van der Waals surface area contributed by atoms with Gasteiger partial charge in [-0.15, -0.1) is 0 Å². The minimum absolute atomic E-state index is 0.287. The largest absolute Gasteiger partial charge is 0.390 e. The predicted octanol–water partition coefficient (Wildman–Crippen LogP) is 4.94. The van der Waals surface area contributed by atoms with Crippen molar-refractivity contribution in [2.24, 2.45) is 34.5 Å². The highest BCUT2D eigenvalue weighted by Crippen LogP contribution is 2.67. The number of hydrogen-bond donors (Lipinski definition) is 2. The lowest BCUT2D eigenvalue weighted by Crippen LogP contribution is -2.56.